The molecule has 13 atom stereocenters. The fraction of sp³-hybridized carbons (Fsp3) is 0.735. The number of esters is 1. The maximum Gasteiger partial charge on any atom is 0.329 e. The van der Waals surface area contributed by atoms with E-state index < -0.39 is 65.9 Å². The highest BCUT2D eigenvalue weighted by molar-refractivity contribution is 6.39. The number of Topliss-reactive ketones (excluding diaryl/α,β-unsaturated/α-hetero) is 3. The summed E-state index contributed by atoms with van der Waals surface area (Å²) in [5.74, 6) is -6.65. The van der Waals surface area contributed by atoms with E-state index >= 15 is 0 Å². The molecule has 62 heavy (non-hydrogen) atoms. The molecule has 2 saturated heterocycles. The summed E-state index contributed by atoms with van der Waals surface area (Å²) in [6, 6.07) is -1.12. The quantitative estimate of drug-likeness (QED) is 0.159. The number of aliphatic hydroxyl groups excluding tert-OH is 2. The summed E-state index contributed by atoms with van der Waals surface area (Å²) in [6.07, 6.45) is 13.0. The number of piperidine rings is 1. The predicted molar refractivity (Wildman–Crippen MR) is 234 cm³/mol. The molecule has 4 aliphatic rings. The molecule has 4 rings (SSSR count). The number of ketones is 3. The van der Waals surface area contributed by atoms with Crippen LogP contribution < -0.4 is 0 Å². The van der Waals surface area contributed by atoms with Crippen molar-refractivity contribution in [3.05, 3.63) is 47.6 Å². The molecule has 0 aromatic heterocycles. The number of methoxy groups -OCH3 is 2. The van der Waals surface area contributed by atoms with Gasteiger partial charge in [0.05, 0.1) is 30.5 Å². The molecule has 1 amide bonds. The van der Waals surface area contributed by atoms with Gasteiger partial charge in [0.1, 0.15) is 23.7 Å². The molecule has 348 valence electrons. The van der Waals surface area contributed by atoms with Crippen LogP contribution in [0.25, 0.3) is 0 Å². The van der Waals surface area contributed by atoms with Crippen LogP contribution in [0.3, 0.4) is 0 Å². The predicted octanol–water partition coefficient (Wildman–Crippen LogP) is 6.31. The van der Waals surface area contributed by atoms with Crippen molar-refractivity contribution in [3.63, 3.8) is 0 Å². The highest BCUT2D eigenvalue weighted by atomic mass is 16.6. The first-order valence-corrected chi connectivity index (χ1v) is 23.0. The minimum atomic E-state index is -2.41. The fourth-order valence-corrected chi connectivity index (χ4v) is 9.51. The lowest BCUT2D eigenvalue weighted by molar-refractivity contribution is -0.265. The largest absolute Gasteiger partial charge is 0.460 e. The Morgan fingerprint density at radius 1 is 0.871 bits per heavy atom. The number of cyclic esters (lactones) is 1. The molecule has 1 saturated carbocycles. The Morgan fingerprint density at radius 3 is 2.32 bits per heavy atom. The number of aliphatic hydroxyl groups is 3. The Balaban J connectivity index is 1.64. The van der Waals surface area contributed by atoms with E-state index in [-0.39, 0.29) is 73.6 Å². The number of hydrogen-bond donors (Lipinski definition) is 3. The Labute approximate surface area is 369 Å². The van der Waals surface area contributed by atoms with Crippen molar-refractivity contribution >= 4 is 29.2 Å². The molecule has 3 aliphatic heterocycles. The molecule has 3 N–H and O–H groups in total. The van der Waals surface area contributed by atoms with E-state index in [4.69, 9.17) is 18.9 Å². The van der Waals surface area contributed by atoms with Crippen molar-refractivity contribution in [3.8, 4) is 0 Å². The van der Waals surface area contributed by atoms with Crippen molar-refractivity contribution in [2.24, 2.45) is 29.6 Å². The molecular weight excluding hydrogens is 795 g/mol. The maximum absolute atomic E-state index is 14.2. The Hall–Kier alpha value is -3.33. The van der Waals surface area contributed by atoms with E-state index in [1.54, 1.807) is 34.1 Å². The van der Waals surface area contributed by atoms with Crippen molar-refractivity contribution in [2.45, 2.75) is 180 Å². The summed E-state index contributed by atoms with van der Waals surface area (Å²) in [4.78, 5) is 70.5. The van der Waals surface area contributed by atoms with Crippen LogP contribution in [0.4, 0.5) is 0 Å². The molecule has 0 unspecified atom stereocenters. The number of allylic oxidation sites excluding steroid dienone is 6. The van der Waals surface area contributed by atoms with Gasteiger partial charge in [-0.25, -0.2) is 4.79 Å². The topological polar surface area (TPSA) is 186 Å². The summed E-state index contributed by atoms with van der Waals surface area (Å²) in [5.41, 5.74) is 1.39. The molecule has 3 fully saturated rings. The number of fused-ring (bicyclic) bond motifs is 3. The van der Waals surface area contributed by atoms with E-state index in [0.29, 0.717) is 63.4 Å². The zero-order valence-electron chi connectivity index (χ0n) is 38.5. The number of ether oxygens (including phenoxy) is 4. The smallest absolute Gasteiger partial charge is 0.329 e. The van der Waals surface area contributed by atoms with E-state index in [9.17, 15) is 39.3 Å². The number of hydrogen-bond acceptors (Lipinski definition) is 12. The molecule has 0 aromatic rings. The lowest BCUT2D eigenvalue weighted by Gasteiger charge is -2.42. The van der Waals surface area contributed by atoms with Gasteiger partial charge in [-0.3, -0.25) is 19.2 Å². The van der Waals surface area contributed by atoms with Gasteiger partial charge in [-0.05, 0) is 107 Å². The second-order valence-corrected chi connectivity index (χ2v) is 18.8. The Bertz CT molecular complexity index is 1670. The van der Waals surface area contributed by atoms with Crippen LogP contribution in [0.5, 0.6) is 0 Å². The SMILES string of the molecule is CO[C@H]1C[C@@H]2CC[C@@H](C)[C@@](O)(O2)C(=O)C(=O)N2CCCC[C@H]2C(=O)O[C@H]([C@H](C)C[C@@H]2CC[C@@H](O)[C@H](OC)C2)CC(=O)C/C=C(\C)[C@@H](O)CC(=O)[C@H](C)C[C@H](C)/C=C/C=C/C=C/1C. The molecule has 0 radical (unpaired) electrons. The van der Waals surface area contributed by atoms with Gasteiger partial charge in [0.2, 0.25) is 5.79 Å². The molecular formula is C49H75NO12. The standard InChI is InChI=1S/C49H75NO12/c1-30-14-10-9-11-15-32(3)43(59-7)28-38-21-18-35(6)49(58,62-38)46(55)47(56)50-23-13-12-16-39(50)48(57)61-44(34(5)25-36-19-22-40(52)45(26-36)60-8)27-37(51)20-17-31(2)41(53)29-42(54)33(4)24-30/h9-11,14-15,17,30,33-36,38-41,43-45,52-53,58H,12-13,16,18-29H2,1-8H3/b11-9+,14-10+,31-17+,32-15+/t30-,33-,34-,35-,36+,38+,39+,40-,41+,43+,44+,45-,49-/m1/s1. The molecule has 13 heteroatoms. The van der Waals surface area contributed by atoms with Gasteiger partial charge in [0.15, 0.2) is 0 Å². The van der Waals surface area contributed by atoms with Crippen LogP contribution in [0.15, 0.2) is 47.6 Å². The van der Waals surface area contributed by atoms with Crippen molar-refractivity contribution < 1.29 is 58.2 Å². The number of carbonyl (C=O) groups excluding carboxylic acids is 5. The molecule has 1 aliphatic carbocycles. The lowest BCUT2D eigenvalue weighted by Crippen LogP contribution is -2.61. The van der Waals surface area contributed by atoms with Gasteiger partial charge in [0, 0.05) is 58.3 Å². The van der Waals surface area contributed by atoms with Gasteiger partial charge >= 0.3 is 5.97 Å². The van der Waals surface area contributed by atoms with Gasteiger partial charge in [0.25, 0.3) is 11.7 Å². The first-order chi connectivity index (χ1) is 29.4. The average molecular weight is 870 g/mol. The van der Waals surface area contributed by atoms with Gasteiger partial charge in [-0.2, -0.15) is 0 Å². The normalized spacial score (nSPS) is 39.4. The van der Waals surface area contributed by atoms with E-state index in [1.807, 2.05) is 58.1 Å². The van der Waals surface area contributed by atoms with Crippen LogP contribution in [0.2, 0.25) is 0 Å². The first kappa shape index (κ1) is 51.3. The van der Waals surface area contributed by atoms with Gasteiger partial charge in [-0.15, -0.1) is 0 Å². The minimum absolute atomic E-state index is 0.0513. The third-order valence-electron chi connectivity index (χ3n) is 13.8. The molecule has 13 nitrogen and oxygen atoms in total. The van der Waals surface area contributed by atoms with Crippen LogP contribution >= 0.6 is 0 Å². The summed E-state index contributed by atoms with van der Waals surface area (Å²) < 4.78 is 23.7. The molecule has 3 heterocycles. The van der Waals surface area contributed by atoms with Crippen LogP contribution in [-0.4, -0.2) is 119 Å². The summed E-state index contributed by atoms with van der Waals surface area (Å²) in [7, 11) is 3.15. The average Bonchev–Trinajstić information content (AvgIpc) is 3.24. The second-order valence-electron chi connectivity index (χ2n) is 18.8. The van der Waals surface area contributed by atoms with Crippen molar-refractivity contribution in [1.82, 2.24) is 4.90 Å². The van der Waals surface area contributed by atoms with Crippen molar-refractivity contribution in [1.29, 1.82) is 0 Å². The third-order valence-corrected chi connectivity index (χ3v) is 13.8. The number of carbonyl (C=O) groups is 5. The Morgan fingerprint density at radius 2 is 1.61 bits per heavy atom. The van der Waals surface area contributed by atoms with Gasteiger partial charge < -0.3 is 39.2 Å². The zero-order chi connectivity index (χ0) is 45.7. The summed E-state index contributed by atoms with van der Waals surface area (Å²) >= 11 is 0. The summed E-state index contributed by atoms with van der Waals surface area (Å²) in [5, 5.41) is 33.3. The monoisotopic (exact) mass is 870 g/mol. The number of amides is 1. The van der Waals surface area contributed by atoms with Gasteiger partial charge in [-0.1, -0.05) is 64.2 Å². The summed E-state index contributed by atoms with van der Waals surface area (Å²) in [6.45, 7) is 11.2. The molecule has 0 spiro atoms. The van der Waals surface area contributed by atoms with E-state index in [0.717, 1.165) is 12.0 Å². The fourth-order valence-electron chi connectivity index (χ4n) is 9.51. The molecule has 0 aromatic carbocycles. The third kappa shape index (κ3) is 14.1. The highest BCUT2D eigenvalue weighted by Crippen LogP contribution is 2.37. The van der Waals surface area contributed by atoms with E-state index in [1.165, 1.54) is 4.90 Å². The number of nitrogens with zero attached hydrogens (tertiary/aromatic N) is 1. The van der Waals surface area contributed by atoms with Crippen LogP contribution in [-0.2, 0) is 42.9 Å². The maximum atomic E-state index is 14.2. The Kier molecular flexibility index (Phi) is 19.9. The minimum Gasteiger partial charge on any atom is -0.460 e. The zero-order valence-corrected chi connectivity index (χ0v) is 38.5. The second kappa shape index (κ2) is 24.1. The lowest BCUT2D eigenvalue weighted by atomic mass is 9.78. The van der Waals surface area contributed by atoms with Crippen molar-refractivity contribution in [2.75, 3.05) is 20.8 Å². The van der Waals surface area contributed by atoms with Crippen LogP contribution in [0, 0.1) is 29.6 Å². The van der Waals surface area contributed by atoms with E-state index in [2.05, 4.69) is 0 Å². The number of rotatable bonds is 5. The molecule has 2 bridgehead atoms. The van der Waals surface area contributed by atoms with Crippen LogP contribution in [0.1, 0.15) is 131 Å². The highest BCUT2D eigenvalue weighted by Gasteiger charge is 2.53. The first-order valence-electron chi connectivity index (χ1n) is 23.0.